The van der Waals surface area contributed by atoms with E-state index in [1.54, 1.807) is 12.1 Å². The van der Waals surface area contributed by atoms with E-state index in [0.717, 1.165) is 18.5 Å². The summed E-state index contributed by atoms with van der Waals surface area (Å²) in [5, 5.41) is 1.01. The maximum Gasteiger partial charge on any atom is 0.142 e. The highest BCUT2D eigenvalue weighted by atomic mass is 35.5. The van der Waals surface area contributed by atoms with Gasteiger partial charge in [0.1, 0.15) is 5.84 Å². The maximum absolute atomic E-state index is 5.89. The van der Waals surface area contributed by atoms with E-state index in [4.69, 9.17) is 29.0 Å². The molecule has 0 spiro atoms. The lowest BCUT2D eigenvalue weighted by Gasteiger charge is -2.06. The monoisotopic (exact) mass is 245 g/mol. The Hall–Kier alpha value is -0.770. The van der Waals surface area contributed by atoms with Crippen LogP contribution < -0.4 is 11.3 Å². The van der Waals surface area contributed by atoms with Crippen LogP contribution in [0.3, 0.4) is 0 Å². The minimum atomic E-state index is 0.494. The number of nitrogens with zero attached hydrogens (tertiary/aromatic N) is 1. The van der Waals surface area contributed by atoms with Gasteiger partial charge < -0.3 is 5.43 Å². The second kappa shape index (κ2) is 5.95. The number of nitrogens with two attached hydrogens (primary N) is 1. The first-order valence-corrected chi connectivity index (χ1v) is 5.41. The molecule has 0 heterocycles. The molecule has 0 bridgehead atoms. The van der Waals surface area contributed by atoms with Gasteiger partial charge in [0.15, 0.2) is 0 Å². The van der Waals surface area contributed by atoms with Crippen LogP contribution in [0.4, 0.5) is 0 Å². The molecule has 1 aromatic carbocycles. The van der Waals surface area contributed by atoms with E-state index in [1.807, 2.05) is 13.0 Å². The van der Waals surface area contributed by atoms with Crippen molar-refractivity contribution in [2.75, 3.05) is 6.54 Å². The van der Waals surface area contributed by atoms with E-state index in [1.165, 1.54) is 0 Å². The zero-order valence-electron chi connectivity index (χ0n) is 8.43. The van der Waals surface area contributed by atoms with Crippen LogP contribution in [0.1, 0.15) is 18.9 Å². The van der Waals surface area contributed by atoms with Crippen molar-refractivity contribution in [3.63, 3.8) is 0 Å². The number of amidine groups is 1. The molecule has 5 heteroatoms. The Morgan fingerprint density at radius 3 is 2.67 bits per heavy atom. The largest absolute Gasteiger partial charge is 0.308 e. The van der Waals surface area contributed by atoms with Crippen molar-refractivity contribution in [3.8, 4) is 0 Å². The van der Waals surface area contributed by atoms with Gasteiger partial charge in [0.25, 0.3) is 0 Å². The Bertz CT molecular complexity index is 364. The van der Waals surface area contributed by atoms with E-state index in [2.05, 4.69) is 10.4 Å². The second-order valence-corrected chi connectivity index (χ2v) is 3.82. The van der Waals surface area contributed by atoms with Crippen LogP contribution in [0.25, 0.3) is 0 Å². The summed E-state index contributed by atoms with van der Waals surface area (Å²) in [5.41, 5.74) is 3.38. The first-order valence-electron chi connectivity index (χ1n) is 4.65. The number of hydrazine groups is 1. The molecular weight excluding hydrogens is 233 g/mol. The molecule has 0 saturated carbocycles. The minimum absolute atomic E-state index is 0.494. The van der Waals surface area contributed by atoms with Crippen LogP contribution in [-0.4, -0.2) is 12.4 Å². The van der Waals surface area contributed by atoms with E-state index in [9.17, 15) is 0 Å². The number of rotatable bonds is 3. The fraction of sp³-hybridized carbons (Fsp3) is 0.300. The molecule has 1 rings (SSSR count). The molecule has 0 atom stereocenters. The van der Waals surface area contributed by atoms with Gasteiger partial charge in [-0.3, -0.25) is 4.99 Å². The lowest BCUT2D eigenvalue weighted by atomic mass is 10.2. The summed E-state index contributed by atoms with van der Waals surface area (Å²) in [5.74, 6) is 6.00. The molecule has 15 heavy (non-hydrogen) atoms. The minimum Gasteiger partial charge on any atom is -0.308 e. The summed E-state index contributed by atoms with van der Waals surface area (Å²) in [6.45, 7) is 2.77. The number of nitrogens with one attached hydrogen (secondary N) is 1. The maximum atomic E-state index is 5.89. The Morgan fingerprint density at radius 1 is 1.40 bits per heavy atom. The van der Waals surface area contributed by atoms with Crippen molar-refractivity contribution in [1.82, 2.24) is 5.43 Å². The number of aliphatic imine (C=N–C) groups is 1. The molecular formula is C10H13Cl2N3. The van der Waals surface area contributed by atoms with Crippen LogP contribution >= 0.6 is 23.2 Å². The third-order valence-electron chi connectivity index (χ3n) is 1.82. The van der Waals surface area contributed by atoms with Crippen LogP contribution in [0.2, 0.25) is 10.0 Å². The summed E-state index contributed by atoms with van der Waals surface area (Å²) in [4.78, 5) is 4.28. The van der Waals surface area contributed by atoms with Crippen LogP contribution in [-0.2, 0) is 0 Å². The molecule has 0 unspecified atom stereocenters. The second-order valence-electron chi connectivity index (χ2n) is 3.00. The van der Waals surface area contributed by atoms with Crippen molar-refractivity contribution < 1.29 is 0 Å². The van der Waals surface area contributed by atoms with Gasteiger partial charge in [-0.15, -0.1) is 0 Å². The van der Waals surface area contributed by atoms with Crippen molar-refractivity contribution in [2.45, 2.75) is 13.3 Å². The molecule has 0 aliphatic heterocycles. The molecule has 0 saturated heterocycles. The molecule has 3 nitrogen and oxygen atoms in total. The van der Waals surface area contributed by atoms with Gasteiger partial charge in [0, 0.05) is 12.1 Å². The van der Waals surface area contributed by atoms with Gasteiger partial charge in [0.2, 0.25) is 0 Å². The predicted octanol–water partition coefficient (Wildman–Crippen LogP) is 2.61. The lowest BCUT2D eigenvalue weighted by Crippen LogP contribution is -2.31. The fourth-order valence-corrected chi connectivity index (χ4v) is 1.39. The molecule has 3 N–H and O–H groups in total. The average molecular weight is 246 g/mol. The average Bonchev–Trinajstić information content (AvgIpc) is 2.24. The quantitative estimate of drug-likeness (QED) is 0.373. The number of benzene rings is 1. The summed E-state index contributed by atoms with van der Waals surface area (Å²) < 4.78 is 0. The first kappa shape index (κ1) is 12.3. The zero-order chi connectivity index (χ0) is 11.3. The molecule has 0 radical (unpaired) electrons. The summed E-state index contributed by atoms with van der Waals surface area (Å²) in [6.07, 6.45) is 0.965. The number of hydrogen-bond acceptors (Lipinski definition) is 2. The molecule has 1 aromatic rings. The highest BCUT2D eigenvalue weighted by molar-refractivity contribution is 6.42. The van der Waals surface area contributed by atoms with E-state index >= 15 is 0 Å². The normalized spacial score (nSPS) is 11.6. The third-order valence-corrected chi connectivity index (χ3v) is 2.56. The van der Waals surface area contributed by atoms with Gasteiger partial charge in [-0.05, 0) is 24.6 Å². The Balaban J connectivity index is 2.97. The van der Waals surface area contributed by atoms with Gasteiger partial charge >= 0.3 is 0 Å². The Morgan fingerprint density at radius 2 is 2.13 bits per heavy atom. The SMILES string of the molecule is CCCN=C(NN)c1ccc(Cl)c(Cl)c1. The fourth-order valence-electron chi connectivity index (χ4n) is 1.09. The van der Waals surface area contributed by atoms with Crippen molar-refractivity contribution in [2.24, 2.45) is 10.8 Å². The number of halogens is 2. The van der Waals surface area contributed by atoms with E-state index in [-0.39, 0.29) is 0 Å². The zero-order valence-corrected chi connectivity index (χ0v) is 9.94. The summed E-state index contributed by atoms with van der Waals surface area (Å²) >= 11 is 11.7. The van der Waals surface area contributed by atoms with Gasteiger partial charge in [-0.25, -0.2) is 5.84 Å². The van der Waals surface area contributed by atoms with Crippen LogP contribution in [0, 0.1) is 0 Å². The Labute approximate surface area is 99.3 Å². The molecule has 82 valence electrons. The third kappa shape index (κ3) is 3.38. The molecule has 0 aliphatic carbocycles. The molecule has 0 amide bonds. The molecule has 0 fully saturated rings. The highest BCUT2D eigenvalue weighted by Gasteiger charge is 2.04. The Kier molecular flexibility index (Phi) is 4.88. The van der Waals surface area contributed by atoms with Crippen molar-refractivity contribution in [1.29, 1.82) is 0 Å². The van der Waals surface area contributed by atoms with Crippen LogP contribution in [0.5, 0.6) is 0 Å². The summed E-state index contributed by atoms with van der Waals surface area (Å²) in [6, 6.07) is 5.28. The van der Waals surface area contributed by atoms with Gasteiger partial charge in [-0.2, -0.15) is 0 Å². The predicted molar refractivity (Wildman–Crippen MR) is 65.5 cm³/mol. The summed E-state index contributed by atoms with van der Waals surface area (Å²) in [7, 11) is 0. The first-order chi connectivity index (χ1) is 7.19. The van der Waals surface area contributed by atoms with E-state index < -0.39 is 0 Å². The molecule has 0 aliphatic rings. The van der Waals surface area contributed by atoms with Crippen LogP contribution in [0.15, 0.2) is 23.2 Å². The highest BCUT2D eigenvalue weighted by Crippen LogP contribution is 2.22. The smallest absolute Gasteiger partial charge is 0.142 e. The van der Waals surface area contributed by atoms with E-state index in [0.29, 0.717) is 15.9 Å². The van der Waals surface area contributed by atoms with Crippen molar-refractivity contribution in [3.05, 3.63) is 33.8 Å². The lowest BCUT2D eigenvalue weighted by molar-refractivity contribution is 0.907. The topological polar surface area (TPSA) is 50.4 Å². The van der Waals surface area contributed by atoms with Gasteiger partial charge in [0.05, 0.1) is 10.0 Å². The number of hydrogen-bond donors (Lipinski definition) is 2. The van der Waals surface area contributed by atoms with Crippen molar-refractivity contribution >= 4 is 29.0 Å². The standard InChI is InChI=1S/C10H13Cl2N3/c1-2-5-14-10(15-13)7-3-4-8(11)9(12)6-7/h3-4,6H,2,5,13H2,1H3,(H,14,15). The molecule has 0 aromatic heterocycles. The van der Waals surface area contributed by atoms with Gasteiger partial charge in [-0.1, -0.05) is 30.1 Å².